The highest BCUT2D eigenvalue weighted by molar-refractivity contribution is 5.94. The molecule has 1 aromatic heterocycles. The van der Waals surface area contributed by atoms with Gasteiger partial charge in [-0.1, -0.05) is 36.4 Å². The molecule has 0 atom stereocenters. The molecule has 0 unspecified atom stereocenters. The molecule has 3 rings (SSSR count). The molecule has 0 radical (unpaired) electrons. The zero-order valence-corrected chi connectivity index (χ0v) is 14.8. The Kier molecular flexibility index (Phi) is 5.63. The maximum Gasteiger partial charge on any atom is 0.267 e. The average molecular weight is 364 g/mol. The van der Waals surface area contributed by atoms with Crippen molar-refractivity contribution in [2.75, 3.05) is 5.32 Å². The number of aryl methyl sites for hydroxylation is 1. The molecular weight excluding hydrogens is 344 g/mol. The summed E-state index contributed by atoms with van der Waals surface area (Å²) in [6.45, 7) is 2.63. The number of nitrogens with zero attached hydrogens (tertiary/aromatic N) is 2. The van der Waals surface area contributed by atoms with Gasteiger partial charge in [0, 0.05) is 12.6 Å². The van der Waals surface area contributed by atoms with Crippen LogP contribution in [-0.4, -0.2) is 26.6 Å². The fourth-order valence-corrected chi connectivity index (χ4v) is 2.83. The maximum absolute atomic E-state index is 12.4. The van der Waals surface area contributed by atoms with E-state index in [1.807, 2.05) is 60.0 Å². The minimum absolute atomic E-state index is 0.133. The summed E-state index contributed by atoms with van der Waals surface area (Å²) in [7, 11) is 0. The Bertz CT molecular complexity index is 993. The minimum atomic E-state index is -0.608. The van der Waals surface area contributed by atoms with E-state index in [4.69, 9.17) is 5.21 Å². The molecule has 138 valence electrons. The molecular formula is C20H20N4O3. The highest BCUT2D eigenvalue weighted by atomic mass is 16.5. The average Bonchev–Trinajstić information content (AvgIpc) is 3.02. The van der Waals surface area contributed by atoms with Crippen molar-refractivity contribution >= 4 is 34.9 Å². The molecule has 0 aliphatic carbocycles. The fourth-order valence-electron chi connectivity index (χ4n) is 2.83. The van der Waals surface area contributed by atoms with Crippen molar-refractivity contribution in [1.82, 2.24) is 15.0 Å². The van der Waals surface area contributed by atoms with Crippen molar-refractivity contribution < 1.29 is 14.8 Å². The number of benzene rings is 2. The SMILES string of the molecule is CCn1c(NC(=O)Cc2ccccc2)nc2cc(C=CC(=O)NO)ccc21. The number of rotatable bonds is 6. The number of anilines is 1. The Morgan fingerprint density at radius 3 is 2.67 bits per heavy atom. The zero-order chi connectivity index (χ0) is 19.2. The Labute approximate surface area is 156 Å². The van der Waals surface area contributed by atoms with Gasteiger partial charge in [-0.25, -0.2) is 10.5 Å². The highest BCUT2D eigenvalue weighted by Crippen LogP contribution is 2.22. The Morgan fingerprint density at radius 1 is 1.19 bits per heavy atom. The van der Waals surface area contributed by atoms with E-state index in [1.54, 1.807) is 11.6 Å². The van der Waals surface area contributed by atoms with E-state index in [1.165, 1.54) is 6.08 Å². The van der Waals surface area contributed by atoms with Gasteiger partial charge in [0.15, 0.2) is 0 Å². The fraction of sp³-hybridized carbons (Fsp3) is 0.150. The number of nitrogens with one attached hydrogen (secondary N) is 2. The van der Waals surface area contributed by atoms with Crippen LogP contribution in [0.25, 0.3) is 17.1 Å². The van der Waals surface area contributed by atoms with E-state index < -0.39 is 5.91 Å². The predicted molar refractivity (Wildman–Crippen MR) is 103 cm³/mol. The summed E-state index contributed by atoms with van der Waals surface area (Å²) in [5, 5.41) is 11.4. The quantitative estimate of drug-likeness (QED) is 0.356. The van der Waals surface area contributed by atoms with Gasteiger partial charge in [0.25, 0.3) is 5.91 Å². The Hall–Kier alpha value is -3.45. The first-order chi connectivity index (χ1) is 13.1. The van der Waals surface area contributed by atoms with Crippen molar-refractivity contribution in [2.45, 2.75) is 19.9 Å². The first kappa shape index (κ1) is 18.3. The number of amides is 2. The van der Waals surface area contributed by atoms with E-state index in [2.05, 4.69) is 10.3 Å². The van der Waals surface area contributed by atoms with Gasteiger partial charge in [-0.05, 0) is 36.3 Å². The molecule has 2 amide bonds. The number of fused-ring (bicyclic) bond motifs is 1. The number of hydrogen-bond acceptors (Lipinski definition) is 4. The third-order valence-electron chi connectivity index (χ3n) is 4.08. The van der Waals surface area contributed by atoms with Crippen LogP contribution in [0.15, 0.2) is 54.6 Å². The van der Waals surface area contributed by atoms with Crippen LogP contribution in [0.1, 0.15) is 18.1 Å². The second kappa shape index (κ2) is 8.29. The van der Waals surface area contributed by atoms with Crippen LogP contribution in [-0.2, 0) is 22.6 Å². The molecule has 2 aromatic carbocycles. The lowest BCUT2D eigenvalue weighted by Crippen LogP contribution is -2.17. The van der Waals surface area contributed by atoms with Crippen LogP contribution in [0, 0.1) is 0 Å². The van der Waals surface area contributed by atoms with E-state index in [0.29, 0.717) is 18.0 Å². The molecule has 0 aliphatic heterocycles. The summed E-state index contributed by atoms with van der Waals surface area (Å²) in [5.74, 6) is -0.253. The molecule has 0 spiro atoms. The van der Waals surface area contributed by atoms with Gasteiger partial charge < -0.3 is 4.57 Å². The molecule has 0 saturated carbocycles. The summed E-state index contributed by atoms with van der Waals surface area (Å²) < 4.78 is 1.92. The molecule has 1 heterocycles. The summed E-state index contributed by atoms with van der Waals surface area (Å²) in [6.07, 6.45) is 3.07. The third kappa shape index (κ3) is 4.39. The first-order valence-corrected chi connectivity index (χ1v) is 8.57. The van der Waals surface area contributed by atoms with E-state index in [9.17, 15) is 9.59 Å². The summed E-state index contributed by atoms with van der Waals surface area (Å²) >= 11 is 0. The lowest BCUT2D eigenvalue weighted by atomic mass is 10.1. The molecule has 7 heteroatoms. The molecule has 7 nitrogen and oxygen atoms in total. The van der Waals surface area contributed by atoms with Gasteiger partial charge in [-0.3, -0.25) is 20.1 Å². The highest BCUT2D eigenvalue weighted by Gasteiger charge is 2.13. The van der Waals surface area contributed by atoms with Crippen LogP contribution in [0.4, 0.5) is 5.95 Å². The number of carbonyl (C=O) groups is 2. The molecule has 27 heavy (non-hydrogen) atoms. The van der Waals surface area contributed by atoms with Crippen molar-refractivity contribution in [2.24, 2.45) is 0 Å². The zero-order valence-electron chi connectivity index (χ0n) is 14.8. The summed E-state index contributed by atoms with van der Waals surface area (Å²) in [4.78, 5) is 28.0. The molecule has 0 bridgehead atoms. The van der Waals surface area contributed by atoms with E-state index in [0.717, 1.165) is 16.6 Å². The topological polar surface area (TPSA) is 96.2 Å². The lowest BCUT2D eigenvalue weighted by molar-refractivity contribution is -0.124. The van der Waals surface area contributed by atoms with Crippen LogP contribution < -0.4 is 10.8 Å². The second-order valence-electron chi connectivity index (χ2n) is 5.95. The van der Waals surface area contributed by atoms with Crippen molar-refractivity contribution in [3.05, 3.63) is 65.7 Å². The second-order valence-corrected chi connectivity index (χ2v) is 5.95. The van der Waals surface area contributed by atoms with E-state index >= 15 is 0 Å². The Morgan fingerprint density at radius 2 is 1.96 bits per heavy atom. The van der Waals surface area contributed by atoms with Gasteiger partial charge in [0.05, 0.1) is 17.5 Å². The van der Waals surface area contributed by atoms with Crippen molar-refractivity contribution in [1.29, 1.82) is 0 Å². The number of imidazole rings is 1. The number of carbonyl (C=O) groups excluding carboxylic acids is 2. The Balaban J connectivity index is 1.83. The van der Waals surface area contributed by atoms with Crippen LogP contribution in [0.5, 0.6) is 0 Å². The molecule has 0 aliphatic rings. The normalized spacial score (nSPS) is 11.0. The largest absolute Gasteiger partial charge is 0.310 e. The number of aromatic nitrogens is 2. The smallest absolute Gasteiger partial charge is 0.267 e. The van der Waals surface area contributed by atoms with Gasteiger partial charge >= 0.3 is 0 Å². The lowest BCUT2D eigenvalue weighted by Gasteiger charge is -2.07. The number of hydroxylamine groups is 1. The minimum Gasteiger partial charge on any atom is -0.310 e. The monoisotopic (exact) mass is 364 g/mol. The van der Waals surface area contributed by atoms with Crippen LogP contribution >= 0.6 is 0 Å². The first-order valence-electron chi connectivity index (χ1n) is 8.57. The molecule has 3 aromatic rings. The van der Waals surface area contributed by atoms with Crippen molar-refractivity contribution in [3.63, 3.8) is 0 Å². The summed E-state index contributed by atoms with van der Waals surface area (Å²) in [6, 6.07) is 15.1. The van der Waals surface area contributed by atoms with Crippen LogP contribution in [0.2, 0.25) is 0 Å². The van der Waals surface area contributed by atoms with Crippen molar-refractivity contribution in [3.8, 4) is 0 Å². The molecule has 0 fully saturated rings. The van der Waals surface area contributed by atoms with Gasteiger partial charge in [0.2, 0.25) is 11.9 Å². The molecule has 3 N–H and O–H groups in total. The van der Waals surface area contributed by atoms with Gasteiger partial charge in [-0.2, -0.15) is 0 Å². The van der Waals surface area contributed by atoms with Crippen LogP contribution in [0.3, 0.4) is 0 Å². The predicted octanol–water partition coefficient (Wildman–Crippen LogP) is 2.76. The summed E-state index contributed by atoms with van der Waals surface area (Å²) in [5.41, 5.74) is 4.83. The maximum atomic E-state index is 12.4. The number of hydrogen-bond donors (Lipinski definition) is 3. The van der Waals surface area contributed by atoms with Gasteiger partial charge in [0.1, 0.15) is 0 Å². The van der Waals surface area contributed by atoms with E-state index in [-0.39, 0.29) is 12.3 Å². The third-order valence-corrected chi connectivity index (χ3v) is 4.08. The van der Waals surface area contributed by atoms with Gasteiger partial charge in [-0.15, -0.1) is 0 Å². The molecule has 0 saturated heterocycles. The standard InChI is InChI=1S/C20H20N4O3/c1-2-24-17-10-8-15(9-11-18(25)23-27)12-16(17)21-20(24)22-19(26)13-14-6-4-3-5-7-14/h3-12,27H,2,13H2,1H3,(H,23,25)(H,21,22,26).